The van der Waals surface area contributed by atoms with Gasteiger partial charge in [-0.3, -0.25) is 5.32 Å². The second kappa shape index (κ2) is 4.99. The highest BCUT2D eigenvalue weighted by molar-refractivity contribution is 5.96. The zero-order valence-electron chi connectivity index (χ0n) is 8.77. The van der Waals surface area contributed by atoms with Gasteiger partial charge in [0.25, 0.3) is 0 Å². The van der Waals surface area contributed by atoms with Crippen LogP contribution in [-0.2, 0) is 0 Å². The number of nitrogens with two attached hydrogens (primary N) is 1. The Morgan fingerprint density at radius 3 is 2.47 bits per heavy atom. The van der Waals surface area contributed by atoms with Crippen molar-refractivity contribution in [3.8, 4) is 0 Å². The molecule has 3 N–H and O–H groups in total. The predicted molar refractivity (Wildman–Crippen MR) is 59.9 cm³/mol. The van der Waals surface area contributed by atoms with Gasteiger partial charge in [-0.2, -0.15) is 0 Å². The molecule has 1 aromatic rings. The Morgan fingerprint density at radius 1 is 1.33 bits per heavy atom. The summed E-state index contributed by atoms with van der Waals surface area (Å²) in [5.41, 5.74) is 6.24. The molecule has 0 saturated carbocycles. The molecule has 1 aromatic carbocycles. The minimum atomic E-state index is -0.299. The number of aliphatic imine (C=N–C) groups is 1. The molecule has 0 atom stereocenters. The molecule has 0 radical (unpaired) electrons. The van der Waals surface area contributed by atoms with E-state index in [-0.39, 0.29) is 12.0 Å². The number of nitrogens with zero attached hydrogens (tertiary/aromatic N) is 2. The fourth-order valence-electron chi connectivity index (χ4n) is 0.891. The van der Waals surface area contributed by atoms with E-state index in [1.54, 1.807) is 26.2 Å². The van der Waals surface area contributed by atoms with Crippen molar-refractivity contribution in [2.24, 2.45) is 10.7 Å². The predicted octanol–water partition coefficient (Wildman–Crippen LogP) is 0.904. The number of nitrogens with one attached hydrogen (secondary N) is 1. The third kappa shape index (κ3) is 3.68. The monoisotopic (exact) mass is 206 g/mol. The summed E-state index contributed by atoms with van der Waals surface area (Å²) in [5, 5.41) is 2.44. The van der Waals surface area contributed by atoms with Crippen molar-refractivity contribution in [1.82, 2.24) is 10.2 Å². The quantitative estimate of drug-likeness (QED) is 0.529. The van der Waals surface area contributed by atoms with Crippen LogP contribution in [0.25, 0.3) is 0 Å². The van der Waals surface area contributed by atoms with Gasteiger partial charge < -0.3 is 10.6 Å². The maximum absolute atomic E-state index is 11.2. The van der Waals surface area contributed by atoms with Gasteiger partial charge in [0.05, 0.1) is 5.69 Å². The number of carbonyl (C=O) groups excluding carboxylic acids is 1. The highest BCUT2D eigenvalue weighted by Crippen LogP contribution is 2.08. The van der Waals surface area contributed by atoms with Crippen LogP contribution in [0.15, 0.2) is 35.3 Å². The summed E-state index contributed by atoms with van der Waals surface area (Å²) in [6.07, 6.45) is 0. The fraction of sp³-hybridized carbons (Fsp3) is 0.200. The molecule has 1 rings (SSSR count). The largest absolute Gasteiger partial charge is 0.369 e. The van der Waals surface area contributed by atoms with Crippen molar-refractivity contribution in [2.75, 3.05) is 14.1 Å². The van der Waals surface area contributed by atoms with Crippen molar-refractivity contribution >= 4 is 17.7 Å². The second-order valence-electron chi connectivity index (χ2n) is 3.16. The summed E-state index contributed by atoms with van der Waals surface area (Å²) in [7, 11) is 3.26. The molecular formula is C10H14N4O. The molecule has 80 valence electrons. The number of urea groups is 1. The first-order valence-electron chi connectivity index (χ1n) is 4.47. The van der Waals surface area contributed by atoms with E-state index in [1.165, 1.54) is 4.90 Å². The van der Waals surface area contributed by atoms with Gasteiger partial charge in [0.1, 0.15) is 0 Å². The molecular weight excluding hydrogens is 192 g/mol. The smallest absolute Gasteiger partial charge is 0.323 e. The first-order chi connectivity index (χ1) is 7.09. The molecule has 0 heterocycles. The first-order valence-corrected chi connectivity index (χ1v) is 4.47. The molecule has 0 fully saturated rings. The normalized spacial score (nSPS) is 10.9. The van der Waals surface area contributed by atoms with E-state index >= 15 is 0 Å². The van der Waals surface area contributed by atoms with E-state index in [2.05, 4.69) is 10.3 Å². The minimum absolute atomic E-state index is 0.0832. The molecule has 15 heavy (non-hydrogen) atoms. The molecule has 0 aliphatic rings. The van der Waals surface area contributed by atoms with Gasteiger partial charge in [-0.25, -0.2) is 9.79 Å². The van der Waals surface area contributed by atoms with Gasteiger partial charge in [-0.15, -0.1) is 0 Å². The summed E-state index contributed by atoms with van der Waals surface area (Å²) in [4.78, 5) is 16.6. The standard InChI is InChI=1S/C10H14N4O/c1-14(2)10(15)13-9(11)12-8-6-4-3-5-7-8/h3-7H,1-2H3,(H3,11,12,13,15). The fourth-order valence-corrected chi connectivity index (χ4v) is 0.891. The van der Waals surface area contributed by atoms with Crippen LogP contribution in [0.4, 0.5) is 10.5 Å². The Hall–Kier alpha value is -2.04. The number of rotatable bonds is 1. The van der Waals surface area contributed by atoms with Gasteiger partial charge in [0.2, 0.25) is 5.96 Å². The topological polar surface area (TPSA) is 70.7 Å². The summed E-state index contributed by atoms with van der Waals surface area (Å²) < 4.78 is 0. The molecule has 2 amide bonds. The molecule has 0 aromatic heterocycles. The third-order valence-corrected chi connectivity index (χ3v) is 1.65. The Kier molecular flexibility index (Phi) is 3.68. The summed E-state index contributed by atoms with van der Waals surface area (Å²) in [5.74, 6) is 0.0832. The molecule has 5 nitrogen and oxygen atoms in total. The van der Waals surface area contributed by atoms with Crippen LogP contribution >= 0.6 is 0 Å². The maximum Gasteiger partial charge on any atom is 0.323 e. The number of para-hydroxylation sites is 1. The summed E-state index contributed by atoms with van der Waals surface area (Å²) in [6, 6.07) is 8.88. The van der Waals surface area contributed by atoms with Crippen molar-refractivity contribution in [1.29, 1.82) is 0 Å². The van der Waals surface area contributed by atoms with Crippen LogP contribution in [-0.4, -0.2) is 31.0 Å². The lowest BCUT2D eigenvalue weighted by Gasteiger charge is -2.10. The summed E-state index contributed by atoms with van der Waals surface area (Å²) in [6.45, 7) is 0. The van der Waals surface area contributed by atoms with Gasteiger partial charge in [-0.1, -0.05) is 18.2 Å². The lowest BCUT2D eigenvalue weighted by atomic mass is 10.3. The number of guanidine groups is 1. The Labute approximate surface area is 88.6 Å². The molecule has 0 bridgehead atoms. The van der Waals surface area contributed by atoms with Crippen LogP contribution in [0.1, 0.15) is 0 Å². The van der Waals surface area contributed by atoms with E-state index in [0.717, 1.165) is 0 Å². The number of hydrogen-bond acceptors (Lipinski definition) is 2. The molecule has 0 spiro atoms. The van der Waals surface area contributed by atoms with Crippen LogP contribution in [0.3, 0.4) is 0 Å². The van der Waals surface area contributed by atoms with E-state index in [9.17, 15) is 4.79 Å². The SMILES string of the molecule is CN(C)C(=O)NC(N)=Nc1ccccc1. The second-order valence-corrected chi connectivity index (χ2v) is 3.16. The van der Waals surface area contributed by atoms with Gasteiger partial charge >= 0.3 is 6.03 Å². The van der Waals surface area contributed by atoms with Gasteiger partial charge in [0.15, 0.2) is 0 Å². The zero-order chi connectivity index (χ0) is 11.3. The zero-order valence-corrected chi connectivity index (χ0v) is 8.77. The van der Waals surface area contributed by atoms with Crippen molar-refractivity contribution in [3.63, 3.8) is 0 Å². The number of hydrogen-bond donors (Lipinski definition) is 2. The van der Waals surface area contributed by atoms with Crippen LogP contribution in [0.2, 0.25) is 0 Å². The minimum Gasteiger partial charge on any atom is -0.369 e. The number of amides is 2. The molecule has 0 unspecified atom stereocenters. The van der Waals surface area contributed by atoms with E-state index < -0.39 is 0 Å². The highest BCUT2D eigenvalue weighted by atomic mass is 16.2. The molecule has 0 aliphatic carbocycles. The van der Waals surface area contributed by atoms with E-state index in [0.29, 0.717) is 5.69 Å². The lowest BCUT2D eigenvalue weighted by molar-refractivity contribution is 0.222. The lowest BCUT2D eigenvalue weighted by Crippen LogP contribution is -2.42. The van der Waals surface area contributed by atoms with Crippen molar-refractivity contribution in [2.45, 2.75) is 0 Å². The van der Waals surface area contributed by atoms with E-state index in [1.807, 2.05) is 18.2 Å². The van der Waals surface area contributed by atoms with Crippen LogP contribution < -0.4 is 11.1 Å². The Bertz CT molecular complexity index is 359. The van der Waals surface area contributed by atoms with E-state index in [4.69, 9.17) is 5.73 Å². The Morgan fingerprint density at radius 2 is 1.93 bits per heavy atom. The average Bonchev–Trinajstić information content (AvgIpc) is 2.18. The summed E-state index contributed by atoms with van der Waals surface area (Å²) >= 11 is 0. The number of benzene rings is 1. The van der Waals surface area contributed by atoms with Crippen molar-refractivity contribution in [3.05, 3.63) is 30.3 Å². The third-order valence-electron chi connectivity index (χ3n) is 1.65. The Balaban J connectivity index is 2.65. The highest BCUT2D eigenvalue weighted by Gasteiger charge is 2.03. The van der Waals surface area contributed by atoms with Gasteiger partial charge in [0, 0.05) is 14.1 Å². The average molecular weight is 206 g/mol. The maximum atomic E-state index is 11.2. The molecule has 0 aliphatic heterocycles. The first kappa shape index (κ1) is 11.0. The number of carbonyl (C=O) groups is 1. The molecule has 0 saturated heterocycles. The molecule has 5 heteroatoms. The van der Waals surface area contributed by atoms with Crippen molar-refractivity contribution < 1.29 is 4.79 Å². The van der Waals surface area contributed by atoms with Crippen LogP contribution in [0, 0.1) is 0 Å². The van der Waals surface area contributed by atoms with Gasteiger partial charge in [-0.05, 0) is 12.1 Å². The van der Waals surface area contributed by atoms with Crippen LogP contribution in [0.5, 0.6) is 0 Å².